The predicted molar refractivity (Wildman–Crippen MR) is 95.1 cm³/mol. The summed E-state index contributed by atoms with van der Waals surface area (Å²) in [4.78, 5) is 10.0. The third kappa shape index (κ3) is 13.1. The molecule has 0 heterocycles. The first-order chi connectivity index (χ1) is 11.5. The molecule has 2 aromatic carbocycles. The minimum Gasteiger partial charge on any atom is -0.333 e. The fraction of sp³-hybridized carbons (Fsp3) is 0.235. The van der Waals surface area contributed by atoms with E-state index in [1.165, 1.54) is 0 Å². The molecule has 0 aliphatic heterocycles. The van der Waals surface area contributed by atoms with Gasteiger partial charge in [0.2, 0.25) is 0 Å². The average molecular weight is 317 g/mol. The van der Waals surface area contributed by atoms with Crippen molar-refractivity contribution in [3.63, 3.8) is 0 Å². The van der Waals surface area contributed by atoms with Crippen molar-refractivity contribution in [3.8, 4) is 0 Å². The lowest BCUT2D eigenvalue weighted by atomic mass is 10.2. The van der Waals surface area contributed by atoms with Gasteiger partial charge in [-0.3, -0.25) is 4.79 Å². The van der Waals surface area contributed by atoms with Crippen molar-refractivity contribution in [2.75, 3.05) is 14.0 Å². The van der Waals surface area contributed by atoms with E-state index in [2.05, 4.69) is 11.1 Å². The van der Waals surface area contributed by atoms with E-state index in [9.17, 15) is 4.79 Å². The van der Waals surface area contributed by atoms with Gasteiger partial charge in [0.05, 0.1) is 0 Å². The number of carbonyl (C=O) groups excluding carboxylic acids is 1. The van der Waals surface area contributed by atoms with Crippen LogP contribution in [-0.4, -0.2) is 20.2 Å². The molecule has 0 aromatic heterocycles. The molecule has 118 valence electrons. The first-order valence-electron chi connectivity index (χ1n) is 8.59. The van der Waals surface area contributed by atoms with Crippen LogP contribution in [0.4, 0.5) is 0 Å². The summed E-state index contributed by atoms with van der Waals surface area (Å²) >= 11 is 0. The van der Waals surface area contributed by atoms with Crippen LogP contribution >= 0.6 is 12.4 Å². The van der Waals surface area contributed by atoms with Gasteiger partial charge in [-0.25, -0.2) is 0 Å². The summed E-state index contributed by atoms with van der Waals surface area (Å²) in [7, 11) is 0. The smallest absolute Gasteiger partial charge is 0.150 e. The molecular weight excluding hydrogens is 284 g/mol. The summed E-state index contributed by atoms with van der Waals surface area (Å²) in [5, 5.41) is 2.44. The van der Waals surface area contributed by atoms with E-state index in [0.717, 1.165) is 17.4 Å². The van der Waals surface area contributed by atoms with E-state index in [0.29, 0.717) is 6.54 Å². The Balaban J connectivity index is -0.000000337. The third-order valence-corrected chi connectivity index (χ3v) is 2.07. The Labute approximate surface area is 143 Å². The van der Waals surface area contributed by atoms with Gasteiger partial charge < -0.3 is 11.1 Å². The van der Waals surface area contributed by atoms with Crippen molar-refractivity contribution in [1.29, 1.82) is 0 Å². The first-order valence-corrected chi connectivity index (χ1v) is 5.59. The summed E-state index contributed by atoms with van der Waals surface area (Å²) in [5.41, 5.74) is 6.06. The molecule has 0 bridgehead atoms. The maximum absolute atomic E-state index is 10.0. The number of aldehydes is 1. The van der Waals surface area contributed by atoms with Crippen molar-refractivity contribution in [3.05, 3.63) is 71.8 Å². The van der Waals surface area contributed by atoms with Gasteiger partial charge in [-0.1, -0.05) is 68.1 Å². The molecule has 0 amide bonds. The molecule has 4 heteroatoms. The minimum absolute atomic E-state index is 0. The van der Waals surface area contributed by atoms with E-state index < -0.39 is 14.0 Å². The molecule has 0 radical (unpaired) electrons. The lowest BCUT2D eigenvalue weighted by Crippen LogP contribution is -2.04. The van der Waals surface area contributed by atoms with Crippen LogP contribution in [0.15, 0.2) is 60.7 Å². The van der Waals surface area contributed by atoms with Gasteiger partial charge in [-0.05, 0) is 19.5 Å². The Morgan fingerprint density at radius 2 is 1.57 bits per heavy atom. The van der Waals surface area contributed by atoms with Crippen LogP contribution in [0.5, 0.6) is 0 Å². The Bertz CT molecular complexity index is 586. The number of halogens is 1. The summed E-state index contributed by atoms with van der Waals surface area (Å²) in [6, 6.07) is 18.5. The van der Waals surface area contributed by atoms with Crippen LogP contribution in [-0.2, 0) is 6.54 Å². The highest BCUT2D eigenvalue weighted by Crippen LogP contribution is 1.95. The number of nitrogens with one attached hydrogen (secondary N) is 1. The highest BCUT2D eigenvalue weighted by molar-refractivity contribution is 5.85. The van der Waals surface area contributed by atoms with Crippen molar-refractivity contribution in [2.24, 2.45) is 5.73 Å². The van der Waals surface area contributed by atoms with E-state index in [1.54, 1.807) is 12.1 Å². The second-order valence-corrected chi connectivity index (χ2v) is 3.37. The van der Waals surface area contributed by atoms with Crippen molar-refractivity contribution in [1.82, 2.24) is 5.32 Å². The topological polar surface area (TPSA) is 55.1 Å². The lowest BCUT2D eigenvalue weighted by molar-refractivity contribution is 0.112. The van der Waals surface area contributed by atoms with Gasteiger partial charge in [0.25, 0.3) is 0 Å². The lowest BCUT2D eigenvalue weighted by Gasteiger charge is -1.95. The largest absolute Gasteiger partial charge is 0.333 e. The summed E-state index contributed by atoms with van der Waals surface area (Å²) in [6.45, 7) is -3.91. The minimum atomic E-state index is -2.25. The van der Waals surface area contributed by atoms with Crippen LogP contribution in [0.25, 0.3) is 0 Å². The number of hydrogen-bond acceptors (Lipinski definition) is 3. The Hall–Kier alpha value is -1.68. The van der Waals surface area contributed by atoms with Crippen LogP contribution in [0, 0.1) is 0 Å². The van der Waals surface area contributed by atoms with Crippen molar-refractivity contribution >= 4 is 18.7 Å². The Morgan fingerprint density at radius 3 is 1.95 bits per heavy atom. The second-order valence-electron chi connectivity index (χ2n) is 3.37. The highest BCUT2D eigenvalue weighted by atomic mass is 35.5. The van der Waals surface area contributed by atoms with Crippen LogP contribution < -0.4 is 11.1 Å². The molecule has 2 aromatic rings. The van der Waals surface area contributed by atoms with Crippen LogP contribution in [0.1, 0.15) is 31.6 Å². The molecule has 3 nitrogen and oxygen atoms in total. The van der Waals surface area contributed by atoms with Gasteiger partial charge >= 0.3 is 0 Å². The molecule has 0 aliphatic carbocycles. The van der Waals surface area contributed by atoms with Crippen molar-refractivity contribution in [2.45, 2.75) is 14.0 Å². The third-order valence-electron chi connectivity index (χ3n) is 2.07. The number of nitrogens with two attached hydrogens (primary N) is 1. The zero-order valence-electron chi connectivity index (χ0n) is 17.0. The molecule has 21 heavy (non-hydrogen) atoms. The zero-order valence-corrected chi connectivity index (χ0v) is 11.8. The number of benzene rings is 2. The van der Waals surface area contributed by atoms with Gasteiger partial charge in [-0.2, -0.15) is 0 Å². The first kappa shape index (κ1) is 13.0. The fourth-order valence-electron chi connectivity index (χ4n) is 1.23. The molecule has 0 spiro atoms. The standard InChI is InChI=1S/C8H11N.C7H6O.CH5N.CH4.ClH/c1-9-7-8-5-3-2-4-6-8;8-6-7-4-2-1-3-5-7;1-2;;/h2-6,9H,7H2,1H3;1-6H;2H2,1H3;1H4;1H/i1D3;;1D3;;. The molecule has 0 fully saturated rings. The van der Waals surface area contributed by atoms with Gasteiger partial charge in [0, 0.05) is 20.3 Å². The predicted octanol–water partition coefficient (Wildman–Crippen LogP) is 3.54. The maximum atomic E-state index is 10.0. The Kier molecular flexibility index (Phi) is 11.4. The molecule has 0 saturated heterocycles. The summed E-state index contributed by atoms with van der Waals surface area (Å²) in [5.74, 6) is 0. The van der Waals surface area contributed by atoms with Gasteiger partial charge in [0.1, 0.15) is 6.29 Å². The molecule has 0 unspecified atom stereocenters. The quantitative estimate of drug-likeness (QED) is 0.852. The van der Waals surface area contributed by atoms with Crippen LogP contribution in [0.3, 0.4) is 0 Å². The number of carbonyl (C=O) groups is 1. The fourth-order valence-corrected chi connectivity index (χ4v) is 1.23. The van der Waals surface area contributed by atoms with E-state index in [1.807, 2.05) is 48.5 Å². The van der Waals surface area contributed by atoms with Gasteiger partial charge in [-0.15, -0.1) is 12.4 Å². The monoisotopic (exact) mass is 316 g/mol. The molecule has 0 atom stereocenters. The Morgan fingerprint density at radius 1 is 1.10 bits per heavy atom. The molecule has 0 saturated carbocycles. The maximum Gasteiger partial charge on any atom is 0.150 e. The van der Waals surface area contributed by atoms with Crippen LogP contribution in [0.2, 0.25) is 0 Å². The van der Waals surface area contributed by atoms with Gasteiger partial charge in [0.15, 0.2) is 0 Å². The van der Waals surface area contributed by atoms with E-state index in [-0.39, 0.29) is 19.8 Å². The van der Waals surface area contributed by atoms with E-state index >= 15 is 0 Å². The van der Waals surface area contributed by atoms with Crippen molar-refractivity contribution < 1.29 is 13.0 Å². The number of rotatable bonds is 3. The summed E-state index contributed by atoms with van der Waals surface area (Å²) in [6.07, 6.45) is 0.833. The number of hydrogen-bond donors (Lipinski definition) is 2. The molecule has 2 rings (SSSR count). The molecule has 0 aliphatic rings. The molecular formula is C17H27ClN2O. The van der Waals surface area contributed by atoms with E-state index in [4.69, 9.17) is 8.22 Å². The molecule has 3 N–H and O–H groups in total. The normalized spacial score (nSPS) is 13.0. The average Bonchev–Trinajstić information content (AvgIpc) is 2.53. The zero-order chi connectivity index (χ0) is 19.3. The second kappa shape index (κ2) is 18.3. The highest BCUT2D eigenvalue weighted by Gasteiger charge is 1.83. The summed E-state index contributed by atoms with van der Waals surface area (Å²) < 4.78 is 38.9. The SMILES string of the molecule is C.Cl.O=Cc1ccccc1.[2H]C([2H])([2H])N.[2H]C([2H])([2H])NCc1ccccc1.